The zero-order valence-corrected chi connectivity index (χ0v) is 12.5. The number of hydrogen-bond acceptors (Lipinski definition) is 3. The molecule has 0 saturated heterocycles. The lowest BCUT2D eigenvalue weighted by molar-refractivity contribution is -0.116. The van der Waals surface area contributed by atoms with E-state index in [1.807, 2.05) is 6.92 Å². The third kappa shape index (κ3) is 6.54. The number of rotatable bonds is 7. The molecule has 0 fully saturated rings. The average Bonchev–Trinajstić information content (AvgIpc) is 2.42. The fourth-order valence-electron chi connectivity index (χ4n) is 1.56. The number of halogens is 1. The van der Waals surface area contributed by atoms with Gasteiger partial charge >= 0.3 is 0 Å². The second-order valence-electron chi connectivity index (χ2n) is 4.28. The van der Waals surface area contributed by atoms with E-state index in [9.17, 15) is 9.59 Å². The maximum atomic E-state index is 11.8. The molecule has 2 amide bonds. The molecule has 5 nitrogen and oxygen atoms in total. The number of carbonyl (C=O) groups excluding carboxylic acids is 2. The quantitative estimate of drug-likeness (QED) is 0.719. The van der Waals surface area contributed by atoms with Crippen LogP contribution < -0.4 is 16.4 Å². The van der Waals surface area contributed by atoms with Crippen LogP contribution in [0.3, 0.4) is 0 Å². The largest absolute Gasteiger partial charge is 0.352 e. The van der Waals surface area contributed by atoms with Crippen LogP contribution in [0.25, 0.3) is 0 Å². The van der Waals surface area contributed by atoms with Gasteiger partial charge in [0.15, 0.2) is 0 Å². The van der Waals surface area contributed by atoms with Gasteiger partial charge in [0.05, 0.1) is 0 Å². The highest BCUT2D eigenvalue weighted by Gasteiger charge is 2.07. The predicted octanol–water partition coefficient (Wildman–Crippen LogP) is 1.93. The van der Waals surface area contributed by atoms with Gasteiger partial charge in [-0.15, -0.1) is 12.4 Å². The van der Waals surface area contributed by atoms with Gasteiger partial charge < -0.3 is 16.4 Å². The molecule has 1 rings (SSSR count). The van der Waals surface area contributed by atoms with Gasteiger partial charge in [0, 0.05) is 24.2 Å². The summed E-state index contributed by atoms with van der Waals surface area (Å²) in [6, 6.07) is 6.90. The number of carbonyl (C=O) groups is 2. The van der Waals surface area contributed by atoms with E-state index in [1.54, 1.807) is 24.3 Å². The fourth-order valence-corrected chi connectivity index (χ4v) is 1.56. The summed E-state index contributed by atoms with van der Waals surface area (Å²) in [5.74, 6) is -0.212. The first-order chi connectivity index (χ1) is 9.17. The maximum absolute atomic E-state index is 11.8. The summed E-state index contributed by atoms with van der Waals surface area (Å²) in [6.07, 6.45) is 1.94. The number of nitrogens with one attached hydrogen (secondary N) is 2. The van der Waals surface area contributed by atoms with Gasteiger partial charge in [-0.25, -0.2) is 0 Å². The number of anilines is 1. The molecule has 0 aliphatic rings. The summed E-state index contributed by atoms with van der Waals surface area (Å²) in [4.78, 5) is 23.3. The standard InChI is InChI=1S/C14H21N3O2.ClH/c1-2-9-16-14(19)11-5-3-6-12(10-11)17-13(18)7-4-8-15;/h3,5-6,10H,2,4,7-9,15H2,1H3,(H,16,19)(H,17,18);1H. The van der Waals surface area contributed by atoms with E-state index in [0.717, 1.165) is 6.42 Å². The van der Waals surface area contributed by atoms with Gasteiger partial charge in [0.2, 0.25) is 5.91 Å². The first-order valence-electron chi connectivity index (χ1n) is 6.55. The second-order valence-corrected chi connectivity index (χ2v) is 4.28. The van der Waals surface area contributed by atoms with Crippen molar-refractivity contribution in [1.82, 2.24) is 5.32 Å². The van der Waals surface area contributed by atoms with Crippen LogP contribution in [-0.4, -0.2) is 24.9 Å². The van der Waals surface area contributed by atoms with Crippen LogP contribution in [0.4, 0.5) is 5.69 Å². The van der Waals surface area contributed by atoms with Crippen molar-refractivity contribution in [3.05, 3.63) is 29.8 Å². The molecular weight excluding hydrogens is 278 g/mol. The van der Waals surface area contributed by atoms with Crippen molar-refractivity contribution >= 4 is 29.9 Å². The number of benzene rings is 1. The average molecular weight is 300 g/mol. The summed E-state index contributed by atoms with van der Waals surface area (Å²) >= 11 is 0. The molecule has 112 valence electrons. The zero-order valence-electron chi connectivity index (χ0n) is 11.6. The molecule has 0 aliphatic carbocycles. The number of hydrogen-bond donors (Lipinski definition) is 3. The number of nitrogens with two attached hydrogens (primary N) is 1. The van der Waals surface area contributed by atoms with Gasteiger partial charge in [0.1, 0.15) is 0 Å². The summed E-state index contributed by atoms with van der Waals surface area (Å²) in [5.41, 5.74) is 6.52. The molecule has 0 heterocycles. The van der Waals surface area contributed by atoms with Crippen LogP contribution >= 0.6 is 12.4 Å². The van der Waals surface area contributed by atoms with E-state index < -0.39 is 0 Å². The molecular formula is C14H22ClN3O2. The Balaban J connectivity index is 0.00000361. The molecule has 1 aromatic rings. The third-order valence-corrected chi connectivity index (χ3v) is 2.55. The summed E-state index contributed by atoms with van der Waals surface area (Å²) in [7, 11) is 0. The van der Waals surface area contributed by atoms with Crippen molar-refractivity contribution in [2.45, 2.75) is 26.2 Å². The molecule has 0 bridgehead atoms. The molecule has 0 aliphatic heterocycles. The topological polar surface area (TPSA) is 84.2 Å². The van der Waals surface area contributed by atoms with Crippen molar-refractivity contribution in [3.63, 3.8) is 0 Å². The fraction of sp³-hybridized carbons (Fsp3) is 0.429. The Morgan fingerprint density at radius 1 is 1.30 bits per heavy atom. The van der Waals surface area contributed by atoms with Gasteiger partial charge in [-0.2, -0.15) is 0 Å². The van der Waals surface area contributed by atoms with Crippen molar-refractivity contribution in [3.8, 4) is 0 Å². The van der Waals surface area contributed by atoms with E-state index >= 15 is 0 Å². The van der Waals surface area contributed by atoms with E-state index in [1.165, 1.54) is 0 Å². The van der Waals surface area contributed by atoms with Crippen LogP contribution in [0.1, 0.15) is 36.5 Å². The lowest BCUT2D eigenvalue weighted by atomic mass is 10.2. The minimum Gasteiger partial charge on any atom is -0.352 e. The minimum absolute atomic E-state index is 0. The molecule has 20 heavy (non-hydrogen) atoms. The van der Waals surface area contributed by atoms with Crippen LogP contribution in [-0.2, 0) is 4.79 Å². The smallest absolute Gasteiger partial charge is 0.251 e. The Hall–Kier alpha value is -1.59. The van der Waals surface area contributed by atoms with Gasteiger partial charge in [-0.3, -0.25) is 9.59 Å². The molecule has 0 radical (unpaired) electrons. The lowest BCUT2D eigenvalue weighted by Crippen LogP contribution is -2.24. The number of amides is 2. The van der Waals surface area contributed by atoms with E-state index in [0.29, 0.717) is 37.2 Å². The molecule has 0 saturated carbocycles. The Kier molecular flexibility index (Phi) is 9.41. The van der Waals surface area contributed by atoms with Crippen molar-refractivity contribution in [2.24, 2.45) is 5.73 Å². The van der Waals surface area contributed by atoms with Crippen molar-refractivity contribution < 1.29 is 9.59 Å². The van der Waals surface area contributed by atoms with Crippen LogP contribution in [0.5, 0.6) is 0 Å². The Bertz CT molecular complexity index is 438. The molecule has 0 aromatic heterocycles. The van der Waals surface area contributed by atoms with Crippen LogP contribution in [0, 0.1) is 0 Å². The van der Waals surface area contributed by atoms with Crippen molar-refractivity contribution in [2.75, 3.05) is 18.4 Å². The molecule has 0 unspecified atom stereocenters. The molecule has 6 heteroatoms. The highest BCUT2D eigenvalue weighted by molar-refractivity contribution is 5.97. The summed E-state index contributed by atoms with van der Waals surface area (Å²) < 4.78 is 0. The predicted molar refractivity (Wildman–Crippen MR) is 83.2 cm³/mol. The molecule has 4 N–H and O–H groups in total. The Morgan fingerprint density at radius 2 is 2.05 bits per heavy atom. The third-order valence-electron chi connectivity index (χ3n) is 2.55. The second kappa shape index (κ2) is 10.2. The highest BCUT2D eigenvalue weighted by atomic mass is 35.5. The molecule has 0 atom stereocenters. The SMILES string of the molecule is CCCNC(=O)c1cccc(NC(=O)CCCN)c1.Cl. The Labute approximate surface area is 125 Å². The van der Waals surface area contributed by atoms with E-state index in [2.05, 4.69) is 10.6 Å². The first-order valence-corrected chi connectivity index (χ1v) is 6.55. The first kappa shape index (κ1) is 18.4. The normalized spacial score (nSPS) is 9.50. The van der Waals surface area contributed by atoms with Crippen LogP contribution in [0.15, 0.2) is 24.3 Å². The van der Waals surface area contributed by atoms with E-state index in [-0.39, 0.29) is 24.2 Å². The van der Waals surface area contributed by atoms with Gasteiger partial charge in [-0.05, 0) is 37.6 Å². The van der Waals surface area contributed by atoms with Gasteiger partial charge in [-0.1, -0.05) is 13.0 Å². The molecule has 0 spiro atoms. The zero-order chi connectivity index (χ0) is 14.1. The van der Waals surface area contributed by atoms with Gasteiger partial charge in [0.25, 0.3) is 5.91 Å². The highest BCUT2D eigenvalue weighted by Crippen LogP contribution is 2.11. The minimum atomic E-state index is -0.125. The Morgan fingerprint density at radius 3 is 2.70 bits per heavy atom. The monoisotopic (exact) mass is 299 g/mol. The van der Waals surface area contributed by atoms with E-state index in [4.69, 9.17) is 5.73 Å². The lowest BCUT2D eigenvalue weighted by Gasteiger charge is -2.07. The maximum Gasteiger partial charge on any atom is 0.251 e. The van der Waals surface area contributed by atoms with Crippen molar-refractivity contribution in [1.29, 1.82) is 0 Å². The molecule has 1 aromatic carbocycles. The summed E-state index contributed by atoms with van der Waals surface area (Å²) in [6.45, 7) is 3.13. The van der Waals surface area contributed by atoms with Crippen LogP contribution in [0.2, 0.25) is 0 Å². The summed E-state index contributed by atoms with van der Waals surface area (Å²) in [5, 5.41) is 5.55.